The van der Waals surface area contributed by atoms with Crippen LogP contribution in [0.4, 0.5) is 0 Å². The van der Waals surface area contributed by atoms with Crippen molar-refractivity contribution >= 4 is 35.0 Å². The topological polar surface area (TPSA) is 110 Å². The molecule has 2 aliphatic rings. The third-order valence-corrected chi connectivity index (χ3v) is 10.0. The zero-order valence-corrected chi connectivity index (χ0v) is 25.2. The SMILES string of the molecule is NC(=O)C1(c2ccccc2)CCN(CC[C@]2(c3ccc(Cl)c(Cl)c3)CCN(C(=O)c3cccc(-n4cnnn4)c3)C2)CC1. The highest BCUT2D eigenvalue weighted by molar-refractivity contribution is 6.42. The van der Waals surface area contributed by atoms with Gasteiger partial charge in [-0.05, 0) is 97.2 Å². The average Bonchev–Trinajstić information content (AvgIpc) is 3.74. The van der Waals surface area contributed by atoms with Crippen LogP contribution in [0, 0.1) is 0 Å². The largest absolute Gasteiger partial charge is 0.369 e. The summed E-state index contributed by atoms with van der Waals surface area (Å²) < 4.78 is 1.53. The molecule has 0 radical (unpaired) electrons. The monoisotopic (exact) mass is 617 g/mol. The van der Waals surface area contributed by atoms with Gasteiger partial charge in [0.1, 0.15) is 6.33 Å². The Morgan fingerprint density at radius 1 is 0.860 bits per heavy atom. The van der Waals surface area contributed by atoms with Crippen LogP contribution in [0.15, 0.2) is 79.1 Å². The number of aromatic nitrogens is 4. The molecule has 9 nitrogen and oxygen atoms in total. The molecule has 2 fully saturated rings. The molecule has 0 spiro atoms. The fraction of sp³-hybridized carbons (Fsp3) is 0.344. The smallest absolute Gasteiger partial charge is 0.253 e. The Kier molecular flexibility index (Phi) is 8.22. The van der Waals surface area contributed by atoms with Crippen LogP contribution in [0.1, 0.15) is 47.2 Å². The summed E-state index contributed by atoms with van der Waals surface area (Å²) in [7, 11) is 0. The van der Waals surface area contributed by atoms with Gasteiger partial charge in [0.05, 0.1) is 21.1 Å². The molecule has 11 heteroatoms. The van der Waals surface area contributed by atoms with E-state index < -0.39 is 5.41 Å². The Morgan fingerprint density at radius 2 is 1.65 bits per heavy atom. The summed E-state index contributed by atoms with van der Waals surface area (Å²) in [6, 6.07) is 23.0. The van der Waals surface area contributed by atoms with Crippen LogP contribution in [-0.2, 0) is 15.6 Å². The number of primary amides is 1. The quantitative estimate of drug-likeness (QED) is 0.308. The number of carbonyl (C=O) groups is 2. The van der Waals surface area contributed by atoms with E-state index in [1.54, 1.807) is 0 Å². The van der Waals surface area contributed by atoms with Crippen molar-refractivity contribution in [3.05, 3.63) is 106 Å². The molecule has 4 aromatic rings. The van der Waals surface area contributed by atoms with E-state index >= 15 is 0 Å². The van der Waals surface area contributed by atoms with E-state index in [2.05, 4.69) is 20.4 Å². The Hall–Kier alpha value is -3.79. The van der Waals surface area contributed by atoms with Crippen molar-refractivity contribution in [2.75, 3.05) is 32.7 Å². The van der Waals surface area contributed by atoms with Crippen molar-refractivity contribution in [3.8, 4) is 5.69 Å². The lowest BCUT2D eigenvalue weighted by molar-refractivity contribution is -0.125. The van der Waals surface area contributed by atoms with Gasteiger partial charge in [-0.25, -0.2) is 4.68 Å². The van der Waals surface area contributed by atoms with Gasteiger partial charge in [0.25, 0.3) is 5.91 Å². The normalized spacial score (nSPS) is 20.3. The third kappa shape index (κ3) is 5.77. The first-order valence-electron chi connectivity index (χ1n) is 14.5. The minimum absolute atomic E-state index is 0.0380. The molecular formula is C32H33Cl2N7O2. The molecule has 6 rings (SSSR count). The maximum absolute atomic E-state index is 13.7. The van der Waals surface area contributed by atoms with Gasteiger partial charge in [0, 0.05) is 24.1 Å². The molecule has 2 N–H and O–H groups in total. The van der Waals surface area contributed by atoms with Crippen LogP contribution in [0.5, 0.6) is 0 Å². The summed E-state index contributed by atoms with van der Waals surface area (Å²) in [5.41, 5.74) is 8.40. The molecular weight excluding hydrogens is 585 g/mol. The summed E-state index contributed by atoms with van der Waals surface area (Å²) in [5, 5.41) is 12.3. The lowest BCUT2D eigenvalue weighted by Crippen LogP contribution is -2.50. The Labute approximate surface area is 260 Å². The first-order chi connectivity index (χ1) is 20.8. The van der Waals surface area contributed by atoms with Crippen LogP contribution >= 0.6 is 23.2 Å². The number of likely N-dealkylation sites (tertiary alicyclic amines) is 2. The number of benzene rings is 3. The van der Waals surface area contributed by atoms with Crippen molar-refractivity contribution in [2.45, 2.75) is 36.5 Å². The van der Waals surface area contributed by atoms with E-state index in [1.807, 2.05) is 77.7 Å². The number of rotatable bonds is 8. The summed E-state index contributed by atoms with van der Waals surface area (Å²) in [4.78, 5) is 30.8. The first-order valence-corrected chi connectivity index (χ1v) is 15.2. The second-order valence-electron chi connectivity index (χ2n) is 11.6. The second kappa shape index (κ2) is 12.1. The predicted molar refractivity (Wildman–Crippen MR) is 165 cm³/mol. The van der Waals surface area contributed by atoms with Crippen molar-refractivity contribution in [2.24, 2.45) is 5.73 Å². The zero-order valence-electron chi connectivity index (χ0n) is 23.7. The third-order valence-electron chi connectivity index (χ3n) is 9.29. The molecule has 222 valence electrons. The fourth-order valence-electron chi connectivity index (χ4n) is 6.66. The number of nitrogens with two attached hydrogens (primary N) is 1. The van der Waals surface area contributed by atoms with Gasteiger partial charge in [0.15, 0.2) is 0 Å². The van der Waals surface area contributed by atoms with E-state index in [0.29, 0.717) is 41.5 Å². The number of piperidine rings is 1. The van der Waals surface area contributed by atoms with Crippen molar-refractivity contribution in [3.63, 3.8) is 0 Å². The second-order valence-corrected chi connectivity index (χ2v) is 12.4. The van der Waals surface area contributed by atoms with E-state index in [9.17, 15) is 9.59 Å². The van der Waals surface area contributed by atoms with Crippen LogP contribution < -0.4 is 5.73 Å². The molecule has 1 aromatic heterocycles. The lowest BCUT2D eigenvalue weighted by Gasteiger charge is -2.41. The van der Waals surface area contributed by atoms with E-state index in [0.717, 1.165) is 49.3 Å². The molecule has 0 saturated carbocycles. The minimum Gasteiger partial charge on any atom is -0.369 e. The van der Waals surface area contributed by atoms with Gasteiger partial charge < -0.3 is 15.5 Å². The number of hydrogen-bond donors (Lipinski definition) is 1. The number of tetrazole rings is 1. The minimum atomic E-state index is -0.646. The zero-order chi connectivity index (χ0) is 30.0. The molecule has 1 atom stereocenters. The molecule has 0 aliphatic carbocycles. The summed E-state index contributed by atoms with van der Waals surface area (Å²) in [6.07, 6.45) is 4.48. The molecule has 0 bridgehead atoms. The van der Waals surface area contributed by atoms with Crippen LogP contribution in [0.25, 0.3) is 5.69 Å². The molecule has 2 aliphatic heterocycles. The summed E-state index contributed by atoms with van der Waals surface area (Å²) >= 11 is 12.8. The molecule has 2 saturated heterocycles. The maximum atomic E-state index is 13.7. The Morgan fingerprint density at radius 3 is 2.35 bits per heavy atom. The molecule has 43 heavy (non-hydrogen) atoms. The van der Waals surface area contributed by atoms with Crippen molar-refractivity contribution in [1.82, 2.24) is 30.0 Å². The summed E-state index contributed by atoms with van der Waals surface area (Å²) in [6.45, 7) is 3.53. The maximum Gasteiger partial charge on any atom is 0.253 e. The predicted octanol–water partition coefficient (Wildman–Crippen LogP) is 4.66. The standard InChI is InChI=1S/C32H33Cl2N7O2/c33-27-10-9-25(20-28(27)34)31(11-15-39-16-13-32(14-17-39,30(35)43)24-6-2-1-3-7-24)12-18-40(21-31)29(42)23-5-4-8-26(19-23)41-22-36-37-38-41/h1-10,19-20,22H,11-18,21H2,(H2,35,43)/t31-/m0/s1. The fourth-order valence-corrected chi connectivity index (χ4v) is 6.96. The lowest BCUT2D eigenvalue weighted by atomic mass is 9.71. The van der Waals surface area contributed by atoms with Gasteiger partial charge in [0.2, 0.25) is 5.91 Å². The van der Waals surface area contributed by atoms with Gasteiger partial charge in [-0.2, -0.15) is 0 Å². The molecule has 2 amide bonds. The van der Waals surface area contributed by atoms with Crippen LogP contribution in [0.2, 0.25) is 10.0 Å². The van der Waals surface area contributed by atoms with Crippen LogP contribution in [0.3, 0.4) is 0 Å². The van der Waals surface area contributed by atoms with Gasteiger partial charge in [-0.3, -0.25) is 9.59 Å². The molecule has 3 heterocycles. The first kappa shape index (κ1) is 29.3. The highest BCUT2D eigenvalue weighted by atomic mass is 35.5. The summed E-state index contributed by atoms with van der Waals surface area (Å²) in [5.74, 6) is -0.302. The molecule has 0 unspecified atom stereocenters. The molecule has 3 aromatic carbocycles. The van der Waals surface area contributed by atoms with Crippen molar-refractivity contribution < 1.29 is 9.59 Å². The van der Waals surface area contributed by atoms with E-state index in [-0.39, 0.29) is 17.2 Å². The average molecular weight is 619 g/mol. The Balaban J connectivity index is 1.20. The highest BCUT2D eigenvalue weighted by Gasteiger charge is 2.44. The van der Waals surface area contributed by atoms with E-state index in [4.69, 9.17) is 28.9 Å². The van der Waals surface area contributed by atoms with Gasteiger partial charge in [-0.1, -0.05) is 65.7 Å². The Bertz CT molecular complexity index is 1610. The highest BCUT2D eigenvalue weighted by Crippen LogP contribution is 2.42. The number of nitrogens with zero attached hydrogens (tertiary/aromatic N) is 6. The van der Waals surface area contributed by atoms with Gasteiger partial charge in [-0.15, -0.1) is 5.10 Å². The number of carbonyl (C=O) groups excluding carboxylic acids is 2. The van der Waals surface area contributed by atoms with Crippen LogP contribution in [-0.4, -0.2) is 74.5 Å². The number of hydrogen-bond acceptors (Lipinski definition) is 6. The van der Waals surface area contributed by atoms with E-state index in [1.165, 1.54) is 11.0 Å². The van der Waals surface area contributed by atoms with Gasteiger partial charge >= 0.3 is 0 Å². The number of amides is 2. The number of halogens is 2. The van der Waals surface area contributed by atoms with Crippen molar-refractivity contribution in [1.29, 1.82) is 0 Å².